The zero-order valence-electron chi connectivity index (χ0n) is 17.7. The van der Waals surface area contributed by atoms with Gasteiger partial charge in [0.25, 0.3) is 11.8 Å². The summed E-state index contributed by atoms with van der Waals surface area (Å²) in [7, 11) is 1.55. The molecule has 170 valence electrons. The maximum absolute atomic E-state index is 12.8. The number of carboxylic acid groups (broad SMARTS) is 1. The van der Waals surface area contributed by atoms with Crippen molar-refractivity contribution in [2.75, 3.05) is 20.1 Å². The summed E-state index contributed by atoms with van der Waals surface area (Å²) in [6, 6.07) is 15.4. The fraction of sp³-hybridized carbons (Fsp3) is 0.208. The molecule has 7 nitrogen and oxygen atoms in total. The van der Waals surface area contributed by atoms with E-state index in [1.165, 1.54) is 17.4 Å². The molecule has 33 heavy (non-hydrogen) atoms. The number of carboxylic acids is 1. The highest BCUT2D eigenvalue weighted by atomic mass is 79.9. The monoisotopic (exact) mass is 528 g/mol. The lowest BCUT2D eigenvalue weighted by Gasteiger charge is -2.19. The van der Waals surface area contributed by atoms with Crippen LogP contribution in [0.3, 0.4) is 0 Å². The van der Waals surface area contributed by atoms with Crippen LogP contribution < -0.4 is 10.1 Å². The summed E-state index contributed by atoms with van der Waals surface area (Å²) in [6.45, 7) is 0.981. The molecule has 9 heteroatoms. The van der Waals surface area contributed by atoms with Crippen molar-refractivity contribution in [1.82, 2.24) is 10.2 Å². The second-order valence-corrected chi connectivity index (χ2v) is 10.0. The molecular weight excluding hydrogens is 508 g/mol. The van der Waals surface area contributed by atoms with E-state index in [0.29, 0.717) is 41.3 Å². The van der Waals surface area contributed by atoms with Crippen molar-refractivity contribution in [2.24, 2.45) is 0 Å². The van der Waals surface area contributed by atoms with Crippen molar-refractivity contribution in [1.29, 1.82) is 0 Å². The first-order valence-corrected chi connectivity index (χ1v) is 11.9. The molecule has 0 aliphatic carbocycles. The van der Waals surface area contributed by atoms with Gasteiger partial charge in [-0.25, -0.2) is 4.79 Å². The number of carbonyl (C=O) groups is 3. The molecule has 0 saturated carbocycles. The van der Waals surface area contributed by atoms with E-state index in [4.69, 9.17) is 4.74 Å². The van der Waals surface area contributed by atoms with Crippen LogP contribution in [0.5, 0.6) is 5.75 Å². The molecule has 0 spiro atoms. The van der Waals surface area contributed by atoms with Crippen LogP contribution in [-0.4, -0.2) is 54.0 Å². The number of likely N-dealkylation sites (tertiary alicyclic amines) is 1. The molecule has 1 aliphatic heterocycles. The van der Waals surface area contributed by atoms with Crippen LogP contribution >= 0.6 is 27.3 Å². The van der Waals surface area contributed by atoms with Crippen LogP contribution in [0.4, 0.5) is 0 Å². The minimum atomic E-state index is -1.01. The highest BCUT2D eigenvalue weighted by Gasteiger charge is 2.30. The first kappa shape index (κ1) is 23.0. The van der Waals surface area contributed by atoms with Gasteiger partial charge >= 0.3 is 5.97 Å². The van der Waals surface area contributed by atoms with Crippen LogP contribution in [0, 0.1) is 0 Å². The van der Waals surface area contributed by atoms with Crippen molar-refractivity contribution in [2.45, 2.75) is 12.5 Å². The molecule has 1 fully saturated rings. The van der Waals surface area contributed by atoms with E-state index in [0.717, 1.165) is 9.35 Å². The molecule has 1 unspecified atom stereocenters. The molecule has 2 amide bonds. The van der Waals surface area contributed by atoms with E-state index < -0.39 is 5.97 Å². The normalized spacial score (nSPS) is 15.3. The van der Waals surface area contributed by atoms with Crippen molar-refractivity contribution in [3.63, 3.8) is 0 Å². The van der Waals surface area contributed by atoms with Crippen LogP contribution in [0.2, 0.25) is 0 Å². The minimum absolute atomic E-state index is 0.0393. The van der Waals surface area contributed by atoms with Crippen molar-refractivity contribution < 1.29 is 24.2 Å². The first-order chi connectivity index (χ1) is 15.9. The Hall–Kier alpha value is -3.17. The predicted molar refractivity (Wildman–Crippen MR) is 129 cm³/mol. The lowest BCUT2D eigenvalue weighted by Crippen LogP contribution is -2.30. The number of halogens is 1. The Labute approximate surface area is 203 Å². The van der Waals surface area contributed by atoms with Gasteiger partial charge in [0.15, 0.2) is 0 Å². The number of rotatable bonds is 6. The van der Waals surface area contributed by atoms with Gasteiger partial charge in [-0.05, 0) is 63.5 Å². The molecule has 4 rings (SSSR count). The number of hydrogen-bond donors (Lipinski definition) is 2. The van der Waals surface area contributed by atoms with Crippen molar-refractivity contribution in [3.05, 3.63) is 74.4 Å². The maximum Gasteiger partial charge on any atom is 0.335 e. The number of nitrogens with zero attached hydrogens (tertiary/aromatic N) is 1. The standard InChI is InChI=1S/C24H21BrN2O5S/c1-26-22(28)18-6-5-15(14-3-2-4-16(11-14)24(30)31)12-19(18)32-17-9-10-27(13-17)23(29)20-7-8-21(25)33-20/h2-8,11-12,17H,9-10,13H2,1H3,(H,26,28)(H,30,31). The van der Waals surface area contributed by atoms with Gasteiger partial charge in [0, 0.05) is 20.0 Å². The maximum atomic E-state index is 12.8. The quantitative estimate of drug-likeness (QED) is 0.490. The Balaban J connectivity index is 1.57. The lowest BCUT2D eigenvalue weighted by atomic mass is 10.0. The number of hydrogen-bond acceptors (Lipinski definition) is 5. The summed E-state index contributed by atoms with van der Waals surface area (Å²) in [4.78, 5) is 38.9. The Morgan fingerprint density at radius 1 is 1.12 bits per heavy atom. The summed E-state index contributed by atoms with van der Waals surface area (Å²) >= 11 is 4.77. The Morgan fingerprint density at radius 2 is 1.91 bits per heavy atom. The topological polar surface area (TPSA) is 95.9 Å². The second kappa shape index (κ2) is 9.76. The number of ether oxygens (including phenoxy) is 1. The number of benzene rings is 2. The van der Waals surface area contributed by atoms with Crippen LogP contribution in [0.25, 0.3) is 11.1 Å². The van der Waals surface area contributed by atoms with Gasteiger partial charge in [0.2, 0.25) is 0 Å². The fourth-order valence-electron chi connectivity index (χ4n) is 3.73. The summed E-state index contributed by atoms with van der Waals surface area (Å²) < 4.78 is 7.11. The van der Waals surface area contributed by atoms with Crippen LogP contribution in [-0.2, 0) is 0 Å². The molecule has 1 aromatic heterocycles. The number of aromatic carboxylic acids is 1. The zero-order valence-corrected chi connectivity index (χ0v) is 20.1. The SMILES string of the molecule is CNC(=O)c1ccc(-c2cccc(C(=O)O)c2)cc1OC1CCN(C(=O)c2ccc(Br)s2)C1. The summed E-state index contributed by atoms with van der Waals surface area (Å²) in [5, 5.41) is 11.9. The first-order valence-electron chi connectivity index (χ1n) is 10.3. The van der Waals surface area contributed by atoms with Gasteiger partial charge < -0.3 is 20.1 Å². The molecule has 1 atom stereocenters. The third-order valence-electron chi connectivity index (χ3n) is 5.41. The zero-order chi connectivity index (χ0) is 23.5. The van der Waals surface area contributed by atoms with Gasteiger partial charge in [-0.2, -0.15) is 0 Å². The van der Waals surface area contributed by atoms with Crippen molar-refractivity contribution in [3.8, 4) is 16.9 Å². The van der Waals surface area contributed by atoms with E-state index in [-0.39, 0.29) is 23.5 Å². The smallest absolute Gasteiger partial charge is 0.335 e. The van der Waals surface area contributed by atoms with Gasteiger partial charge in [-0.1, -0.05) is 18.2 Å². The van der Waals surface area contributed by atoms with Crippen molar-refractivity contribution >= 4 is 45.1 Å². The van der Waals surface area contributed by atoms with Gasteiger partial charge in [-0.15, -0.1) is 11.3 Å². The molecule has 0 bridgehead atoms. The van der Waals surface area contributed by atoms with E-state index >= 15 is 0 Å². The lowest BCUT2D eigenvalue weighted by molar-refractivity contribution is 0.0696. The van der Waals surface area contributed by atoms with Gasteiger partial charge in [0.05, 0.1) is 26.3 Å². The molecule has 0 radical (unpaired) electrons. The van der Waals surface area contributed by atoms with E-state index in [1.807, 2.05) is 6.07 Å². The van der Waals surface area contributed by atoms with E-state index in [1.54, 1.807) is 54.4 Å². The van der Waals surface area contributed by atoms with Gasteiger partial charge in [-0.3, -0.25) is 9.59 Å². The van der Waals surface area contributed by atoms with Crippen LogP contribution in [0.15, 0.2) is 58.4 Å². The molecule has 2 N–H and O–H groups in total. The number of nitrogens with one attached hydrogen (secondary N) is 1. The summed E-state index contributed by atoms with van der Waals surface area (Å²) in [6.07, 6.45) is 0.380. The highest BCUT2D eigenvalue weighted by Crippen LogP contribution is 2.31. The molecule has 1 aliphatic rings. The minimum Gasteiger partial charge on any atom is -0.488 e. The Bertz CT molecular complexity index is 1230. The summed E-state index contributed by atoms with van der Waals surface area (Å²) in [5.41, 5.74) is 1.99. The van der Waals surface area contributed by atoms with E-state index in [9.17, 15) is 19.5 Å². The average Bonchev–Trinajstić information content (AvgIpc) is 3.47. The molecule has 3 aromatic rings. The number of carbonyl (C=O) groups excluding carboxylic acids is 2. The second-order valence-electron chi connectivity index (χ2n) is 7.56. The molecular formula is C24H21BrN2O5S. The highest BCUT2D eigenvalue weighted by molar-refractivity contribution is 9.11. The Kier molecular flexibility index (Phi) is 6.80. The average molecular weight is 529 g/mol. The predicted octanol–water partition coefficient (Wildman–Crippen LogP) is 4.53. The Morgan fingerprint density at radius 3 is 2.61 bits per heavy atom. The molecule has 2 aromatic carbocycles. The largest absolute Gasteiger partial charge is 0.488 e. The fourth-order valence-corrected chi connectivity index (χ4v) is 5.08. The van der Waals surface area contributed by atoms with Crippen LogP contribution in [0.1, 0.15) is 36.8 Å². The molecule has 2 heterocycles. The molecule has 1 saturated heterocycles. The number of thiophene rings is 1. The van der Waals surface area contributed by atoms with E-state index in [2.05, 4.69) is 21.2 Å². The third kappa shape index (κ3) is 5.09. The summed E-state index contributed by atoms with van der Waals surface area (Å²) in [5.74, 6) is -0.942. The van der Waals surface area contributed by atoms with Gasteiger partial charge in [0.1, 0.15) is 11.9 Å². The third-order valence-corrected chi connectivity index (χ3v) is 7.02. The number of amides is 2.